The monoisotopic (exact) mass is 828 g/mol. The Balaban J connectivity index is 1.24. The van der Waals surface area contributed by atoms with Crippen molar-refractivity contribution in [3.63, 3.8) is 0 Å². The minimum atomic E-state index is -4.04. The maximum absolute atomic E-state index is 15.1. The van der Waals surface area contributed by atoms with E-state index in [4.69, 9.17) is 14.2 Å². The third-order valence-corrected chi connectivity index (χ3v) is 14.2. The van der Waals surface area contributed by atoms with Gasteiger partial charge >= 0.3 is 17.5 Å². The van der Waals surface area contributed by atoms with Crippen molar-refractivity contribution in [1.82, 2.24) is 19.9 Å². The molecule has 4 heterocycles. The quantitative estimate of drug-likeness (QED) is 0.276. The van der Waals surface area contributed by atoms with Crippen LogP contribution in [0.1, 0.15) is 86.5 Å². The number of nitrogens with one attached hydrogen (secondary N) is 2. The normalized spacial score (nSPS) is 30.7. The minimum absolute atomic E-state index is 0.0565. The molecule has 14 nitrogen and oxygen atoms in total. The van der Waals surface area contributed by atoms with Crippen molar-refractivity contribution in [1.29, 1.82) is 0 Å². The molecule has 2 aliphatic carbocycles. The molecule has 3 aliphatic heterocycles. The Bertz CT molecular complexity index is 2190. The molecule has 4 amide bonds. The summed E-state index contributed by atoms with van der Waals surface area (Å²) in [5.74, 6) is -2.60. The Morgan fingerprint density at radius 1 is 1.12 bits per heavy atom. The van der Waals surface area contributed by atoms with Crippen LogP contribution in [-0.2, 0) is 29.1 Å². The molecule has 1 saturated heterocycles. The summed E-state index contributed by atoms with van der Waals surface area (Å²) in [5.41, 5.74) is -3.90. The second kappa shape index (κ2) is 14.9. The summed E-state index contributed by atoms with van der Waals surface area (Å²) >= 11 is 0. The molecule has 2 N–H and O–H groups in total. The summed E-state index contributed by atoms with van der Waals surface area (Å²) in [6.45, 7) is 9.75. The highest BCUT2D eigenvalue weighted by Crippen LogP contribution is 2.48. The van der Waals surface area contributed by atoms with E-state index in [1.54, 1.807) is 58.2 Å². The lowest BCUT2D eigenvalue weighted by Crippen LogP contribution is -2.59. The van der Waals surface area contributed by atoms with Crippen molar-refractivity contribution in [2.45, 2.75) is 126 Å². The van der Waals surface area contributed by atoms with Crippen LogP contribution in [0.15, 0.2) is 42.6 Å². The van der Waals surface area contributed by atoms with Gasteiger partial charge in [-0.3, -0.25) is 19.1 Å². The number of carbonyl (C=O) groups is 4. The third-order valence-electron chi connectivity index (χ3n) is 12.1. The lowest BCUT2D eigenvalue weighted by molar-refractivity contribution is -0.429. The average Bonchev–Trinajstić information content (AvgIpc) is 4.09. The van der Waals surface area contributed by atoms with Crippen LogP contribution in [0.3, 0.4) is 0 Å². The zero-order chi connectivity index (χ0) is 42.0. The van der Waals surface area contributed by atoms with Gasteiger partial charge in [0.25, 0.3) is 12.3 Å². The number of ether oxygens (including phenoxy) is 3. The van der Waals surface area contributed by atoms with Gasteiger partial charge in [0.2, 0.25) is 28.0 Å². The van der Waals surface area contributed by atoms with Gasteiger partial charge in [-0.25, -0.2) is 22.2 Å². The van der Waals surface area contributed by atoms with E-state index in [-0.39, 0.29) is 36.9 Å². The summed E-state index contributed by atoms with van der Waals surface area (Å²) in [5, 5.41) is 3.79. The van der Waals surface area contributed by atoms with Crippen LogP contribution >= 0.6 is 0 Å². The molecule has 314 valence electrons. The first-order valence-electron chi connectivity index (χ1n) is 19.9. The number of hydrogen-bond donors (Lipinski definition) is 2. The predicted molar refractivity (Wildman–Crippen MR) is 208 cm³/mol. The molecule has 3 fully saturated rings. The number of sulfonamides is 1. The molecule has 1 spiro atoms. The number of carbonyl (C=O) groups excluding carboxylic acids is 4. The van der Waals surface area contributed by atoms with Gasteiger partial charge < -0.3 is 24.4 Å². The van der Waals surface area contributed by atoms with Crippen LogP contribution in [0.2, 0.25) is 0 Å². The van der Waals surface area contributed by atoms with Crippen molar-refractivity contribution >= 4 is 50.8 Å². The number of halogens is 2. The number of nitrogens with zero attached hydrogens (tertiary/aromatic N) is 3. The molecule has 17 heteroatoms. The molecule has 0 bridgehead atoms. The van der Waals surface area contributed by atoms with E-state index in [0.717, 1.165) is 6.42 Å². The summed E-state index contributed by atoms with van der Waals surface area (Å²) in [7, 11) is -4.04. The van der Waals surface area contributed by atoms with E-state index in [9.17, 15) is 31.6 Å². The summed E-state index contributed by atoms with van der Waals surface area (Å²) < 4.78 is 72.4. The molecular weight excluding hydrogens is 777 g/mol. The molecule has 7 unspecified atom stereocenters. The van der Waals surface area contributed by atoms with Crippen molar-refractivity contribution in [2.24, 2.45) is 17.8 Å². The molecule has 7 rings (SSSR count). The molecule has 0 radical (unpaired) electrons. The fraction of sp³-hybridized carbons (Fsp3) is 0.610. The van der Waals surface area contributed by atoms with Gasteiger partial charge in [0.15, 0.2) is 0 Å². The largest absolute Gasteiger partial charge is 0.598 e. The fourth-order valence-corrected chi connectivity index (χ4v) is 9.58. The number of pyridine rings is 1. The summed E-state index contributed by atoms with van der Waals surface area (Å²) in [4.78, 5) is 63.0. The van der Waals surface area contributed by atoms with Crippen molar-refractivity contribution in [3.8, 4) is 11.6 Å². The molecule has 7 atom stereocenters. The van der Waals surface area contributed by atoms with Gasteiger partial charge in [0.05, 0.1) is 17.5 Å². The lowest BCUT2D eigenvalue weighted by Gasteiger charge is -2.29. The SMILES string of the molecule is CC1CCC=CC2CC2(C(=O)NS(=O)(=O)C2(C)CC2)NC(=O)C2CC(Oc3ncc(OCC(F)F)c4ccccc34)CN2C(=O)C2(C=[N+]2C(=O)OC(C)(C)C)C(C)C1. The number of allylic oxidation sites excluding steroid dienone is 1. The first-order valence-corrected chi connectivity index (χ1v) is 21.4. The molecule has 58 heavy (non-hydrogen) atoms. The molecule has 1 aromatic heterocycles. The number of hydrogen-bond acceptors (Lipinski definition) is 10. The van der Waals surface area contributed by atoms with Crippen molar-refractivity contribution < 1.29 is 55.2 Å². The van der Waals surface area contributed by atoms with Crippen LogP contribution in [-0.4, -0.2) is 106 Å². The van der Waals surface area contributed by atoms with E-state index in [1.807, 2.05) is 19.1 Å². The maximum Gasteiger partial charge on any atom is 0.598 e. The Morgan fingerprint density at radius 2 is 1.83 bits per heavy atom. The van der Waals surface area contributed by atoms with E-state index in [2.05, 4.69) is 21.9 Å². The van der Waals surface area contributed by atoms with E-state index in [0.29, 0.717) is 36.5 Å². The highest BCUT2D eigenvalue weighted by Gasteiger charge is 2.73. The molecule has 5 aliphatic rings. The number of amides is 4. The van der Waals surface area contributed by atoms with Gasteiger partial charge in [0.1, 0.15) is 35.6 Å². The first-order chi connectivity index (χ1) is 27.2. The van der Waals surface area contributed by atoms with Gasteiger partial charge in [-0.05, 0) is 78.2 Å². The Hall–Kier alpha value is -4.67. The smallest absolute Gasteiger partial charge is 0.485 e. The van der Waals surface area contributed by atoms with Gasteiger partial charge in [0, 0.05) is 29.0 Å². The zero-order valence-corrected chi connectivity index (χ0v) is 34.4. The summed E-state index contributed by atoms with van der Waals surface area (Å²) in [6, 6.07) is 5.58. The number of fused-ring (bicyclic) bond motifs is 3. The van der Waals surface area contributed by atoms with Crippen molar-refractivity contribution in [3.05, 3.63) is 42.6 Å². The van der Waals surface area contributed by atoms with Crippen LogP contribution in [0.4, 0.5) is 13.6 Å². The van der Waals surface area contributed by atoms with E-state index < -0.39 is 92.3 Å². The predicted octanol–water partition coefficient (Wildman–Crippen LogP) is 4.88. The average molecular weight is 829 g/mol. The van der Waals surface area contributed by atoms with Crippen molar-refractivity contribution in [2.75, 3.05) is 13.2 Å². The fourth-order valence-electron chi connectivity index (χ4n) is 8.27. The minimum Gasteiger partial charge on any atom is -0.485 e. The van der Waals surface area contributed by atoms with E-state index in [1.165, 1.54) is 15.7 Å². The van der Waals surface area contributed by atoms with Gasteiger partial charge in [-0.1, -0.05) is 44.2 Å². The maximum atomic E-state index is 15.1. The van der Waals surface area contributed by atoms with E-state index >= 15 is 4.79 Å². The van der Waals surface area contributed by atoms with Crippen LogP contribution in [0.25, 0.3) is 10.8 Å². The lowest BCUT2D eigenvalue weighted by atomic mass is 9.82. The standard InChI is InChI=1S/C41H51F2N5O9S/c1-24-11-7-8-12-26-19-40(26,35(50)46-58(53,54)39(6)15-16-39)45-33(49)30-18-27(56-34-29-14-10-9-13-28(29)31(20-44-34)55-22-32(42)43)21-47(30)36(51)41(25(2)17-24)23-48(41)37(52)57-38(3,4)5/h8-10,12-14,20,23-27,30,32H,7,11,15-19,21-22H2,1-6H3,(H-,45,46,49,50)/p+1. The van der Waals surface area contributed by atoms with Crippen LogP contribution < -0.4 is 19.5 Å². The molecule has 2 saturated carbocycles. The Morgan fingerprint density at radius 3 is 2.50 bits per heavy atom. The second-order valence-corrected chi connectivity index (χ2v) is 20.0. The number of rotatable bonds is 8. The van der Waals surface area contributed by atoms with Gasteiger partial charge in [-0.15, -0.1) is 4.58 Å². The van der Waals surface area contributed by atoms with Gasteiger partial charge in [-0.2, -0.15) is 4.79 Å². The molecular formula is C41H52F2N5O9S+. The summed E-state index contributed by atoms with van der Waals surface area (Å²) in [6.07, 6.45) is 5.20. The third kappa shape index (κ3) is 7.90. The zero-order valence-electron chi connectivity index (χ0n) is 33.6. The highest BCUT2D eigenvalue weighted by molar-refractivity contribution is 7.91. The highest BCUT2D eigenvalue weighted by atomic mass is 32.2. The topological polar surface area (TPSA) is 173 Å². The van der Waals surface area contributed by atoms with Crippen LogP contribution in [0.5, 0.6) is 11.6 Å². The van der Waals surface area contributed by atoms with Crippen LogP contribution in [0, 0.1) is 17.8 Å². The second-order valence-electron chi connectivity index (χ2n) is 17.8. The Labute approximate surface area is 336 Å². The molecule has 1 aromatic carbocycles. The number of alkyl halides is 2. The molecule has 2 aromatic rings. The number of benzene rings is 1. The first kappa shape index (κ1) is 41.5. The number of aromatic nitrogens is 1. The Kier molecular flexibility index (Phi) is 10.6.